The third-order valence-corrected chi connectivity index (χ3v) is 7.32. The maximum absolute atomic E-state index is 13.4. The molecule has 8 heteroatoms. The van der Waals surface area contributed by atoms with Gasteiger partial charge in [-0.3, -0.25) is 14.6 Å². The van der Waals surface area contributed by atoms with E-state index in [0.29, 0.717) is 37.6 Å². The SMILES string of the molecule is Cc1cnc(N[C@H](C(=O)Nc2ccc3c(c2)NC(=O)C32CCOCC2)C2CCCCC2)cn1. The minimum Gasteiger partial charge on any atom is -0.381 e. The molecule has 2 aliphatic heterocycles. The molecule has 1 spiro atoms. The lowest BCUT2D eigenvalue weighted by molar-refractivity contribution is -0.124. The second-order valence-corrected chi connectivity index (χ2v) is 9.46. The zero-order valence-corrected chi connectivity index (χ0v) is 19.0. The Morgan fingerprint density at radius 1 is 1.15 bits per heavy atom. The summed E-state index contributed by atoms with van der Waals surface area (Å²) in [6.45, 7) is 3.06. The van der Waals surface area contributed by atoms with Gasteiger partial charge in [-0.25, -0.2) is 4.98 Å². The number of nitrogens with zero attached hydrogens (tertiary/aromatic N) is 2. The summed E-state index contributed by atoms with van der Waals surface area (Å²) in [6.07, 6.45) is 10.2. The average Bonchev–Trinajstić information content (AvgIpc) is 3.09. The van der Waals surface area contributed by atoms with Crippen molar-refractivity contribution in [1.29, 1.82) is 0 Å². The van der Waals surface area contributed by atoms with Gasteiger partial charge in [0.05, 0.1) is 23.5 Å². The second kappa shape index (κ2) is 9.09. The van der Waals surface area contributed by atoms with E-state index in [1.54, 1.807) is 12.4 Å². The molecule has 3 N–H and O–H groups in total. The summed E-state index contributed by atoms with van der Waals surface area (Å²) >= 11 is 0. The maximum Gasteiger partial charge on any atom is 0.247 e. The Morgan fingerprint density at radius 2 is 1.94 bits per heavy atom. The van der Waals surface area contributed by atoms with Gasteiger partial charge in [-0.2, -0.15) is 0 Å². The summed E-state index contributed by atoms with van der Waals surface area (Å²) in [5.74, 6) is 0.786. The van der Waals surface area contributed by atoms with Gasteiger partial charge in [0, 0.05) is 24.6 Å². The molecule has 0 unspecified atom stereocenters. The van der Waals surface area contributed by atoms with Gasteiger partial charge >= 0.3 is 0 Å². The van der Waals surface area contributed by atoms with Crippen molar-refractivity contribution in [3.8, 4) is 0 Å². The van der Waals surface area contributed by atoms with Crippen molar-refractivity contribution >= 4 is 29.0 Å². The number of rotatable bonds is 5. The highest BCUT2D eigenvalue weighted by molar-refractivity contribution is 6.07. The van der Waals surface area contributed by atoms with E-state index in [9.17, 15) is 9.59 Å². The summed E-state index contributed by atoms with van der Waals surface area (Å²) in [5.41, 5.74) is 2.80. The first-order chi connectivity index (χ1) is 16.0. The molecule has 1 aromatic heterocycles. The first-order valence-electron chi connectivity index (χ1n) is 11.9. The van der Waals surface area contributed by atoms with Crippen LogP contribution in [0.5, 0.6) is 0 Å². The van der Waals surface area contributed by atoms with Gasteiger partial charge < -0.3 is 20.7 Å². The second-order valence-electron chi connectivity index (χ2n) is 9.46. The number of ether oxygens (including phenoxy) is 1. The molecular formula is C25H31N5O3. The summed E-state index contributed by atoms with van der Waals surface area (Å²) < 4.78 is 5.48. The highest BCUT2D eigenvalue weighted by Crippen LogP contribution is 2.45. The van der Waals surface area contributed by atoms with Crippen LogP contribution in [-0.4, -0.2) is 41.0 Å². The number of carbonyl (C=O) groups is 2. The lowest BCUT2D eigenvalue weighted by Gasteiger charge is -2.31. The molecule has 0 bridgehead atoms. The Labute approximate surface area is 193 Å². The van der Waals surface area contributed by atoms with E-state index in [4.69, 9.17) is 4.74 Å². The highest BCUT2D eigenvalue weighted by atomic mass is 16.5. The molecule has 1 saturated heterocycles. The van der Waals surface area contributed by atoms with Crippen molar-refractivity contribution in [2.45, 2.75) is 63.3 Å². The monoisotopic (exact) mass is 449 g/mol. The lowest BCUT2D eigenvalue weighted by Crippen LogP contribution is -2.42. The normalized spacial score (nSPS) is 20.7. The van der Waals surface area contributed by atoms with E-state index in [-0.39, 0.29) is 17.7 Å². The fourth-order valence-corrected chi connectivity index (χ4v) is 5.43. The Hall–Kier alpha value is -3.00. The number of aromatic nitrogens is 2. The smallest absolute Gasteiger partial charge is 0.247 e. The highest BCUT2D eigenvalue weighted by Gasteiger charge is 2.47. The molecule has 2 amide bonds. The first-order valence-corrected chi connectivity index (χ1v) is 11.9. The summed E-state index contributed by atoms with van der Waals surface area (Å²) in [7, 11) is 0. The molecular weight excluding hydrogens is 418 g/mol. The van der Waals surface area contributed by atoms with E-state index in [0.717, 1.165) is 42.6 Å². The van der Waals surface area contributed by atoms with E-state index in [1.807, 2.05) is 25.1 Å². The minimum absolute atomic E-state index is 0.0315. The van der Waals surface area contributed by atoms with E-state index in [2.05, 4.69) is 25.9 Å². The molecule has 0 radical (unpaired) electrons. The van der Waals surface area contributed by atoms with Crippen LogP contribution in [0.3, 0.4) is 0 Å². The number of nitrogens with one attached hydrogen (secondary N) is 3. The molecule has 1 atom stereocenters. The molecule has 1 aromatic carbocycles. The Kier molecular flexibility index (Phi) is 6.01. The van der Waals surface area contributed by atoms with Crippen LogP contribution in [0, 0.1) is 12.8 Å². The zero-order valence-electron chi connectivity index (χ0n) is 19.0. The van der Waals surface area contributed by atoms with Crippen LogP contribution in [0.1, 0.15) is 56.2 Å². The molecule has 2 aromatic rings. The van der Waals surface area contributed by atoms with Crippen LogP contribution in [0.15, 0.2) is 30.6 Å². The van der Waals surface area contributed by atoms with Crippen molar-refractivity contribution in [2.24, 2.45) is 5.92 Å². The van der Waals surface area contributed by atoms with Crippen molar-refractivity contribution < 1.29 is 14.3 Å². The third-order valence-electron chi connectivity index (χ3n) is 7.32. The van der Waals surface area contributed by atoms with Crippen LogP contribution in [-0.2, 0) is 19.7 Å². The van der Waals surface area contributed by atoms with Crippen LogP contribution in [0.2, 0.25) is 0 Å². The van der Waals surface area contributed by atoms with Gasteiger partial charge in [0.1, 0.15) is 11.9 Å². The fraction of sp³-hybridized carbons (Fsp3) is 0.520. The van der Waals surface area contributed by atoms with E-state index >= 15 is 0 Å². The number of fused-ring (bicyclic) bond motifs is 2. The predicted molar refractivity (Wildman–Crippen MR) is 126 cm³/mol. The molecule has 2 fully saturated rings. The largest absolute Gasteiger partial charge is 0.381 e. The molecule has 3 heterocycles. The molecule has 8 nitrogen and oxygen atoms in total. The van der Waals surface area contributed by atoms with E-state index < -0.39 is 11.5 Å². The number of hydrogen-bond acceptors (Lipinski definition) is 6. The number of hydrogen-bond donors (Lipinski definition) is 3. The minimum atomic E-state index is -0.508. The lowest BCUT2D eigenvalue weighted by atomic mass is 9.75. The van der Waals surface area contributed by atoms with Gasteiger partial charge in [-0.05, 0) is 56.2 Å². The van der Waals surface area contributed by atoms with Crippen molar-refractivity contribution in [3.05, 3.63) is 41.9 Å². The number of carbonyl (C=O) groups excluding carboxylic acids is 2. The van der Waals surface area contributed by atoms with E-state index in [1.165, 1.54) is 6.42 Å². The molecule has 1 saturated carbocycles. The summed E-state index contributed by atoms with van der Waals surface area (Å²) in [5, 5.41) is 9.44. The van der Waals surface area contributed by atoms with Gasteiger partial charge in [-0.1, -0.05) is 25.3 Å². The van der Waals surface area contributed by atoms with Crippen LogP contribution >= 0.6 is 0 Å². The van der Waals surface area contributed by atoms with Crippen molar-refractivity contribution in [1.82, 2.24) is 9.97 Å². The summed E-state index contributed by atoms with van der Waals surface area (Å²) in [4.78, 5) is 34.9. The van der Waals surface area contributed by atoms with Gasteiger partial charge in [0.2, 0.25) is 11.8 Å². The van der Waals surface area contributed by atoms with Crippen molar-refractivity contribution in [2.75, 3.05) is 29.2 Å². The number of amides is 2. The van der Waals surface area contributed by atoms with Gasteiger partial charge in [0.15, 0.2) is 0 Å². The number of aryl methyl sites for hydroxylation is 1. The molecule has 33 heavy (non-hydrogen) atoms. The Morgan fingerprint density at radius 3 is 2.67 bits per heavy atom. The van der Waals surface area contributed by atoms with Crippen molar-refractivity contribution in [3.63, 3.8) is 0 Å². The molecule has 5 rings (SSSR count). The number of benzene rings is 1. The number of anilines is 3. The quantitative estimate of drug-likeness (QED) is 0.642. The standard InChI is InChI=1S/C25H31N5O3/c1-16-14-27-21(15-26-16)30-22(17-5-3-2-4-6-17)23(31)28-18-7-8-19-20(13-18)29-24(32)25(19)9-11-33-12-10-25/h7-8,13-15,17,22H,2-6,9-12H2,1H3,(H,27,30)(H,28,31)(H,29,32)/t22-/m0/s1. The Balaban J connectivity index is 1.35. The van der Waals surface area contributed by atoms with Crippen LogP contribution in [0.4, 0.5) is 17.2 Å². The first kappa shape index (κ1) is 21.8. The van der Waals surface area contributed by atoms with Crippen LogP contribution < -0.4 is 16.0 Å². The van der Waals surface area contributed by atoms with Crippen LogP contribution in [0.25, 0.3) is 0 Å². The molecule has 1 aliphatic carbocycles. The maximum atomic E-state index is 13.4. The molecule has 3 aliphatic rings. The topological polar surface area (TPSA) is 105 Å². The predicted octanol–water partition coefficient (Wildman–Crippen LogP) is 3.78. The third kappa shape index (κ3) is 4.31. The summed E-state index contributed by atoms with van der Waals surface area (Å²) in [6, 6.07) is 5.35. The average molecular weight is 450 g/mol. The molecule has 174 valence electrons. The fourth-order valence-electron chi connectivity index (χ4n) is 5.43. The van der Waals surface area contributed by atoms with Gasteiger partial charge in [0.25, 0.3) is 0 Å². The Bertz CT molecular complexity index is 1030. The van der Waals surface area contributed by atoms with Gasteiger partial charge in [-0.15, -0.1) is 0 Å². The zero-order chi connectivity index (χ0) is 22.8.